The Balaban J connectivity index is 2.02. The summed E-state index contributed by atoms with van der Waals surface area (Å²) >= 11 is 1.48. The molecule has 35 heavy (non-hydrogen) atoms. The third-order valence-electron chi connectivity index (χ3n) is 5.51. The van der Waals surface area contributed by atoms with Gasteiger partial charge in [-0.1, -0.05) is 34.1 Å². The fourth-order valence-electron chi connectivity index (χ4n) is 3.68. The Bertz CT molecular complexity index is 1140. The summed E-state index contributed by atoms with van der Waals surface area (Å²) in [6, 6.07) is 1.91. The number of aromatic nitrogens is 4. The van der Waals surface area contributed by atoms with Crippen LogP contribution in [0.4, 0.5) is 24.9 Å². The SMILES string of the molecule is CCC(CO)CCNc1nc(NCC(F)(F)F)nc(C)c1-c1nc2c(CC(C)(C)C)nccc2s1. The van der Waals surface area contributed by atoms with Crippen LogP contribution in [0.2, 0.25) is 0 Å². The van der Waals surface area contributed by atoms with Crippen molar-refractivity contribution in [3.63, 3.8) is 0 Å². The molecular formula is C24H33F3N6OS. The van der Waals surface area contributed by atoms with Crippen LogP contribution in [-0.2, 0) is 6.42 Å². The predicted octanol–water partition coefficient (Wildman–Crippen LogP) is 5.84. The van der Waals surface area contributed by atoms with Crippen LogP contribution >= 0.6 is 11.3 Å². The van der Waals surface area contributed by atoms with Gasteiger partial charge in [-0.3, -0.25) is 4.98 Å². The van der Waals surface area contributed by atoms with Crippen molar-refractivity contribution in [3.05, 3.63) is 23.7 Å². The highest BCUT2D eigenvalue weighted by atomic mass is 32.1. The van der Waals surface area contributed by atoms with Gasteiger partial charge in [0.1, 0.15) is 22.9 Å². The highest BCUT2D eigenvalue weighted by Crippen LogP contribution is 2.37. The summed E-state index contributed by atoms with van der Waals surface area (Å²) in [6.07, 6.45) is -0.331. The zero-order chi connectivity index (χ0) is 25.8. The van der Waals surface area contributed by atoms with Crippen LogP contribution in [0.25, 0.3) is 20.8 Å². The highest BCUT2D eigenvalue weighted by Gasteiger charge is 2.28. The Morgan fingerprint density at radius 1 is 1.11 bits per heavy atom. The number of halogens is 3. The Hall–Kier alpha value is -2.53. The Morgan fingerprint density at radius 2 is 1.86 bits per heavy atom. The molecule has 3 aromatic heterocycles. The summed E-state index contributed by atoms with van der Waals surface area (Å²) in [5.74, 6) is 0.445. The Morgan fingerprint density at radius 3 is 2.49 bits per heavy atom. The van der Waals surface area contributed by atoms with Crippen molar-refractivity contribution in [2.75, 3.05) is 30.3 Å². The number of hydrogen-bond acceptors (Lipinski definition) is 8. The Labute approximate surface area is 207 Å². The van der Waals surface area contributed by atoms with E-state index in [4.69, 9.17) is 4.98 Å². The summed E-state index contributed by atoms with van der Waals surface area (Å²) in [7, 11) is 0. The maximum atomic E-state index is 12.8. The topological polar surface area (TPSA) is 95.8 Å². The van der Waals surface area contributed by atoms with E-state index in [2.05, 4.69) is 46.4 Å². The lowest BCUT2D eigenvalue weighted by molar-refractivity contribution is -0.115. The van der Waals surface area contributed by atoms with Gasteiger partial charge in [-0.15, -0.1) is 11.3 Å². The van der Waals surface area contributed by atoms with E-state index in [9.17, 15) is 18.3 Å². The molecule has 1 atom stereocenters. The second-order valence-electron chi connectivity index (χ2n) is 9.86. The fourth-order valence-corrected chi connectivity index (χ4v) is 4.76. The van der Waals surface area contributed by atoms with Crippen LogP contribution in [0.5, 0.6) is 0 Å². The first kappa shape index (κ1) is 27.1. The minimum atomic E-state index is -4.39. The molecule has 192 valence electrons. The highest BCUT2D eigenvalue weighted by molar-refractivity contribution is 7.21. The van der Waals surface area contributed by atoms with Crippen LogP contribution in [-0.4, -0.2) is 50.9 Å². The lowest BCUT2D eigenvalue weighted by atomic mass is 9.90. The van der Waals surface area contributed by atoms with Crippen LogP contribution in [0.1, 0.15) is 51.9 Å². The number of pyridine rings is 1. The number of rotatable bonds is 10. The maximum Gasteiger partial charge on any atom is 0.405 e. The van der Waals surface area contributed by atoms with Crippen LogP contribution in [0.3, 0.4) is 0 Å². The number of thiazole rings is 1. The molecule has 0 amide bonds. The van der Waals surface area contributed by atoms with Crippen LogP contribution in [0.15, 0.2) is 12.3 Å². The number of nitrogens with one attached hydrogen (secondary N) is 2. The van der Waals surface area contributed by atoms with Gasteiger partial charge in [0.25, 0.3) is 0 Å². The quantitative estimate of drug-likeness (QED) is 0.315. The average molecular weight is 511 g/mol. The number of hydrogen-bond donors (Lipinski definition) is 3. The van der Waals surface area contributed by atoms with Crippen molar-refractivity contribution < 1.29 is 18.3 Å². The van der Waals surface area contributed by atoms with Gasteiger partial charge < -0.3 is 15.7 Å². The Kier molecular flexibility index (Phi) is 8.53. The van der Waals surface area contributed by atoms with Gasteiger partial charge in [-0.2, -0.15) is 18.2 Å². The molecule has 0 saturated heterocycles. The molecule has 0 aromatic carbocycles. The summed E-state index contributed by atoms with van der Waals surface area (Å²) in [5.41, 5.74) is 2.93. The molecule has 3 aromatic rings. The van der Waals surface area contributed by atoms with Gasteiger partial charge in [-0.05, 0) is 37.2 Å². The van der Waals surface area contributed by atoms with E-state index in [1.807, 2.05) is 13.0 Å². The number of nitrogens with zero attached hydrogens (tertiary/aromatic N) is 4. The predicted molar refractivity (Wildman–Crippen MR) is 135 cm³/mol. The number of aliphatic hydroxyl groups excluding tert-OH is 1. The summed E-state index contributed by atoms with van der Waals surface area (Å²) in [6.45, 7) is 9.53. The summed E-state index contributed by atoms with van der Waals surface area (Å²) < 4.78 is 39.3. The minimum Gasteiger partial charge on any atom is -0.396 e. The first-order valence-corrected chi connectivity index (χ1v) is 12.5. The second-order valence-corrected chi connectivity index (χ2v) is 10.9. The van der Waals surface area contributed by atoms with Crippen molar-refractivity contribution in [2.45, 2.75) is 60.1 Å². The lowest BCUT2D eigenvalue weighted by Gasteiger charge is -2.17. The van der Waals surface area contributed by atoms with Crippen LogP contribution in [0, 0.1) is 18.3 Å². The molecule has 0 fully saturated rings. The maximum absolute atomic E-state index is 12.8. The molecule has 7 nitrogen and oxygen atoms in total. The normalized spacial score (nSPS) is 13.3. The van der Waals surface area contributed by atoms with Crippen molar-refractivity contribution in [1.82, 2.24) is 19.9 Å². The van der Waals surface area contributed by atoms with E-state index in [1.165, 1.54) is 11.3 Å². The largest absolute Gasteiger partial charge is 0.405 e. The second kappa shape index (κ2) is 11.0. The van der Waals surface area contributed by atoms with Crippen molar-refractivity contribution in [3.8, 4) is 10.6 Å². The average Bonchev–Trinajstić information content (AvgIpc) is 3.18. The van der Waals surface area contributed by atoms with E-state index < -0.39 is 12.7 Å². The molecule has 11 heteroatoms. The van der Waals surface area contributed by atoms with E-state index in [0.29, 0.717) is 35.0 Å². The summed E-state index contributed by atoms with van der Waals surface area (Å²) in [4.78, 5) is 18.1. The zero-order valence-corrected chi connectivity index (χ0v) is 21.6. The minimum absolute atomic E-state index is 0.0329. The van der Waals surface area contributed by atoms with E-state index in [1.54, 1.807) is 13.1 Å². The molecule has 0 saturated carbocycles. The molecule has 3 N–H and O–H groups in total. The number of anilines is 2. The first-order chi connectivity index (χ1) is 16.4. The van der Waals surface area contributed by atoms with E-state index in [-0.39, 0.29) is 23.9 Å². The molecular weight excluding hydrogens is 477 g/mol. The number of fused-ring (bicyclic) bond motifs is 1. The smallest absolute Gasteiger partial charge is 0.396 e. The number of aryl methyl sites for hydroxylation is 1. The number of alkyl halides is 3. The third kappa shape index (κ3) is 7.47. The monoisotopic (exact) mass is 510 g/mol. The lowest BCUT2D eigenvalue weighted by Crippen LogP contribution is -2.23. The van der Waals surface area contributed by atoms with Gasteiger partial charge in [0.15, 0.2) is 0 Å². The third-order valence-corrected chi connectivity index (χ3v) is 6.55. The van der Waals surface area contributed by atoms with Gasteiger partial charge in [0.05, 0.1) is 21.7 Å². The van der Waals surface area contributed by atoms with Gasteiger partial charge in [-0.25, -0.2) is 9.97 Å². The van der Waals surface area contributed by atoms with Gasteiger partial charge in [0.2, 0.25) is 5.95 Å². The fraction of sp³-hybridized carbons (Fsp3) is 0.583. The molecule has 3 rings (SSSR count). The molecule has 0 aliphatic heterocycles. The van der Waals surface area contributed by atoms with E-state index >= 15 is 0 Å². The van der Waals surface area contributed by atoms with Crippen molar-refractivity contribution >= 4 is 33.3 Å². The molecule has 0 bridgehead atoms. The molecule has 1 unspecified atom stereocenters. The molecule has 0 spiro atoms. The molecule has 0 aliphatic carbocycles. The summed E-state index contributed by atoms with van der Waals surface area (Å²) in [5, 5.41) is 15.7. The zero-order valence-electron chi connectivity index (χ0n) is 20.8. The van der Waals surface area contributed by atoms with Crippen molar-refractivity contribution in [2.24, 2.45) is 11.3 Å². The molecule has 3 heterocycles. The first-order valence-electron chi connectivity index (χ1n) is 11.7. The van der Waals surface area contributed by atoms with Gasteiger partial charge in [0, 0.05) is 19.3 Å². The van der Waals surface area contributed by atoms with Crippen molar-refractivity contribution in [1.29, 1.82) is 0 Å². The standard InChI is InChI=1S/C24H33F3N6OS/c1-6-15(12-34)7-9-29-20-18(14(2)31-22(33-20)30-13-24(25,26)27)21-32-19-16(11-23(3,4)5)28-10-8-17(19)35-21/h8,10,15,34H,6-7,9,11-13H2,1-5H3,(H2,29,30,31,33). The van der Waals surface area contributed by atoms with Crippen LogP contribution < -0.4 is 10.6 Å². The van der Waals surface area contributed by atoms with E-state index in [0.717, 1.165) is 28.8 Å². The molecule has 0 aliphatic rings. The number of aliphatic hydroxyl groups is 1. The van der Waals surface area contributed by atoms with Gasteiger partial charge >= 0.3 is 6.18 Å². The molecule has 0 radical (unpaired) electrons.